The number of hydrogen-bond donors (Lipinski definition) is 0. The molecule has 0 heterocycles. The highest BCUT2D eigenvalue weighted by molar-refractivity contribution is 5.06. The van der Waals surface area contributed by atoms with Crippen molar-refractivity contribution in [2.75, 3.05) is 0 Å². The fourth-order valence-electron chi connectivity index (χ4n) is 0.600. The highest BCUT2D eigenvalue weighted by Crippen LogP contribution is 2.48. The van der Waals surface area contributed by atoms with E-state index in [2.05, 4.69) is 6.58 Å². The van der Waals surface area contributed by atoms with Crippen LogP contribution in [0, 0.1) is 0 Å². The third kappa shape index (κ3) is 1.72. The molecule has 0 aromatic heterocycles. The molecule has 1 atom stereocenters. The predicted octanol–water partition coefficient (Wildman–Crippen LogP) is 3.44. The molecule has 14 heavy (non-hydrogen) atoms. The largest absolute Gasteiger partial charge is 0.378 e. The van der Waals surface area contributed by atoms with Crippen molar-refractivity contribution < 1.29 is 30.7 Å². The molecule has 0 aromatic carbocycles. The first kappa shape index (κ1) is 13.2. The van der Waals surface area contributed by atoms with Crippen LogP contribution in [0.2, 0.25) is 0 Å². The fourth-order valence-corrected chi connectivity index (χ4v) is 0.600. The van der Waals surface area contributed by atoms with Crippen molar-refractivity contribution in [3.8, 4) is 0 Å². The van der Waals surface area contributed by atoms with Gasteiger partial charge in [0.25, 0.3) is 0 Å². The average Bonchev–Trinajstić information content (AvgIpc) is 2.03. The maximum atomic E-state index is 12.4. The van der Waals surface area contributed by atoms with E-state index < -0.39 is 30.0 Å². The highest BCUT2D eigenvalue weighted by Gasteiger charge is 2.72. The Balaban J connectivity index is 5.24. The van der Waals surface area contributed by atoms with Gasteiger partial charge in [0, 0.05) is 0 Å². The van der Waals surface area contributed by atoms with Gasteiger partial charge in [-0.1, -0.05) is 6.58 Å². The lowest BCUT2D eigenvalue weighted by Gasteiger charge is -2.31. The van der Waals surface area contributed by atoms with Crippen molar-refractivity contribution in [3.05, 3.63) is 12.7 Å². The zero-order valence-corrected chi connectivity index (χ0v) is 7.01. The van der Waals surface area contributed by atoms with Crippen molar-refractivity contribution in [1.29, 1.82) is 0 Å². The summed E-state index contributed by atoms with van der Waals surface area (Å²) in [5.74, 6) is -16.4. The Labute approximate surface area is 75.4 Å². The smallest absolute Gasteiger partial charge is 0.241 e. The zero-order chi connectivity index (χ0) is 11.8. The quantitative estimate of drug-likeness (QED) is 0.506. The van der Waals surface area contributed by atoms with E-state index in [0.717, 1.165) is 0 Å². The molecule has 0 spiro atoms. The molecule has 84 valence electrons. The van der Waals surface area contributed by atoms with Gasteiger partial charge in [-0.05, 0) is 13.0 Å². The molecule has 0 N–H and O–H groups in total. The topological polar surface area (TPSA) is 0 Å². The maximum absolute atomic E-state index is 12.4. The Morgan fingerprint density at radius 2 is 1.43 bits per heavy atom. The first-order valence-corrected chi connectivity index (χ1v) is 3.42. The molecular formula is C7H7F7. The van der Waals surface area contributed by atoms with E-state index in [1.54, 1.807) is 0 Å². The molecule has 7 heteroatoms. The monoisotopic (exact) mass is 224 g/mol. The Morgan fingerprint density at radius 1 is 1.07 bits per heavy atom. The number of halogens is 7. The van der Waals surface area contributed by atoms with Crippen LogP contribution in [0.5, 0.6) is 0 Å². The summed E-state index contributed by atoms with van der Waals surface area (Å²) in [5.41, 5.74) is 0. The Hall–Kier alpha value is -0.750. The second-order valence-electron chi connectivity index (χ2n) is 2.64. The Morgan fingerprint density at radius 3 is 1.64 bits per heavy atom. The summed E-state index contributed by atoms with van der Waals surface area (Å²) in [6, 6.07) is 0. The molecule has 0 rings (SSSR count). The minimum Gasteiger partial charge on any atom is -0.241 e. The van der Waals surface area contributed by atoms with Gasteiger partial charge >= 0.3 is 17.8 Å². The van der Waals surface area contributed by atoms with Gasteiger partial charge in [0.05, 0.1) is 0 Å². The molecule has 0 aromatic rings. The number of alkyl halides is 7. The molecule has 0 fully saturated rings. The van der Waals surface area contributed by atoms with Crippen LogP contribution >= 0.6 is 0 Å². The molecule has 0 radical (unpaired) electrons. The third-order valence-electron chi connectivity index (χ3n) is 1.59. The first-order valence-electron chi connectivity index (χ1n) is 3.42. The lowest BCUT2D eigenvalue weighted by Crippen LogP contribution is -2.56. The minimum atomic E-state index is -5.80. The molecule has 0 amide bonds. The number of rotatable bonds is 4. The summed E-state index contributed by atoms with van der Waals surface area (Å²) in [6.45, 7) is 2.36. The van der Waals surface area contributed by atoms with Gasteiger partial charge in [0.15, 0.2) is 6.17 Å². The van der Waals surface area contributed by atoms with Crippen LogP contribution in [-0.4, -0.2) is 23.9 Å². The number of allylic oxidation sites excluding steroid dienone is 1. The van der Waals surface area contributed by atoms with Gasteiger partial charge in [0.2, 0.25) is 0 Å². The molecule has 0 saturated carbocycles. The second-order valence-corrected chi connectivity index (χ2v) is 2.64. The molecule has 0 aliphatic rings. The van der Waals surface area contributed by atoms with Gasteiger partial charge < -0.3 is 0 Å². The Bertz CT molecular complexity index is 218. The fraction of sp³-hybridized carbons (Fsp3) is 0.714. The predicted molar refractivity (Wildman–Crippen MR) is 35.6 cm³/mol. The lowest BCUT2D eigenvalue weighted by atomic mass is 10.0. The van der Waals surface area contributed by atoms with Crippen molar-refractivity contribution >= 4 is 0 Å². The van der Waals surface area contributed by atoms with Crippen LogP contribution in [0.4, 0.5) is 30.7 Å². The Kier molecular flexibility index (Phi) is 3.25. The van der Waals surface area contributed by atoms with E-state index in [1.807, 2.05) is 0 Å². The van der Waals surface area contributed by atoms with E-state index >= 15 is 0 Å². The van der Waals surface area contributed by atoms with Crippen molar-refractivity contribution in [1.82, 2.24) is 0 Å². The second kappa shape index (κ2) is 3.43. The molecule has 1 unspecified atom stereocenters. The summed E-state index contributed by atoms with van der Waals surface area (Å²) >= 11 is 0. The van der Waals surface area contributed by atoms with E-state index in [-0.39, 0.29) is 6.92 Å². The molecule has 0 aliphatic heterocycles. The van der Waals surface area contributed by atoms with E-state index in [9.17, 15) is 30.7 Å². The zero-order valence-electron chi connectivity index (χ0n) is 7.01. The van der Waals surface area contributed by atoms with Gasteiger partial charge in [0.1, 0.15) is 0 Å². The number of hydrogen-bond acceptors (Lipinski definition) is 0. The van der Waals surface area contributed by atoms with Gasteiger partial charge in [-0.2, -0.15) is 26.3 Å². The molecule has 0 saturated heterocycles. The average molecular weight is 224 g/mol. The van der Waals surface area contributed by atoms with Crippen molar-refractivity contribution in [3.63, 3.8) is 0 Å². The van der Waals surface area contributed by atoms with Gasteiger partial charge in [-0.3, -0.25) is 0 Å². The molecular weight excluding hydrogens is 217 g/mol. The van der Waals surface area contributed by atoms with Gasteiger partial charge in [-0.15, -0.1) is 0 Å². The molecule has 0 bridgehead atoms. The maximum Gasteiger partial charge on any atom is 0.378 e. The van der Waals surface area contributed by atoms with Crippen LogP contribution in [0.15, 0.2) is 12.7 Å². The third-order valence-corrected chi connectivity index (χ3v) is 1.59. The van der Waals surface area contributed by atoms with Crippen molar-refractivity contribution in [2.24, 2.45) is 0 Å². The summed E-state index contributed by atoms with van der Waals surface area (Å²) in [4.78, 5) is 0. The van der Waals surface area contributed by atoms with Crippen LogP contribution in [0.25, 0.3) is 0 Å². The van der Waals surface area contributed by atoms with Crippen LogP contribution in [0.1, 0.15) is 6.92 Å². The standard InChI is InChI=1S/C7H7F7/c1-3-5(9,10)7(13,14)6(11,12)4(2)8/h3-4H,1H2,2H3. The van der Waals surface area contributed by atoms with E-state index in [0.29, 0.717) is 0 Å². The molecule has 0 aliphatic carbocycles. The van der Waals surface area contributed by atoms with E-state index in [4.69, 9.17) is 0 Å². The summed E-state index contributed by atoms with van der Waals surface area (Å²) in [6.07, 6.45) is -4.02. The lowest BCUT2D eigenvalue weighted by molar-refractivity contribution is -0.307. The van der Waals surface area contributed by atoms with Crippen LogP contribution < -0.4 is 0 Å². The van der Waals surface area contributed by atoms with Crippen LogP contribution in [-0.2, 0) is 0 Å². The normalized spacial score (nSPS) is 16.6. The first-order chi connectivity index (χ1) is 6.00. The SMILES string of the molecule is C=CC(F)(F)C(F)(F)C(F)(F)C(C)F. The highest BCUT2D eigenvalue weighted by atomic mass is 19.3. The van der Waals surface area contributed by atoms with Crippen LogP contribution in [0.3, 0.4) is 0 Å². The van der Waals surface area contributed by atoms with Gasteiger partial charge in [-0.25, -0.2) is 4.39 Å². The van der Waals surface area contributed by atoms with E-state index in [1.165, 1.54) is 0 Å². The summed E-state index contributed by atoms with van der Waals surface area (Å²) in [5, 5.41) is 0. The summed E-state index contributed by atoms with van der Waals surface area (Å²) in [7, 11) is 0. The minimum absolute atomic E-state index is 0.0765. The summed E-state index contributed by atoms with van der Waals surface area (Å²) < 4.78 is 86.1. The van der Waals surface area contributed by atoms with Crippen molar-refractivity contribution in [2.45, 2.75) is 30.9 Å². The molecule has 0 nitrogen and oxygen atoms in total.